The monoisotopic (exact) mass is 547 g/mol. The molecule has 0 spiro atoms. The van der Waals surface area contributed by atoms with E-state index in [9.17, 15) is 17.7 Å². The molecule has 1 atom stereocenters. The zero-order chi connectivity index (χ0) is 26.9. The molecule has 0 saturated heterocycles. The molecule has 196 valence electrons. The highest BCUT2D eigenvalue weighted by molar-refractivity contribution is 7.89. The van der Waals surface area contributed by atoms with Gasteiger partial charge >= 0.3 is 0 Å². The second-order valence-corrected chi connectivity index (χ2v) is 10.6. The number of halogens is 1. The highest BCUT2D eigenvalue weighted by Gasteiger charge is 2.28. The summed E-state index contributed by atoms with van der Waals surface area (Å²) in [5.41, 5.74) is 1.01. The maximum absolute atomic E-state index is 12.5. The molecule has 3 N–H and O–H groups in total. The Morgan fingerprint density at radius 1 is 1.14 bits per heavy atom. The van der Waals surface area contributed by atoms with Crippen molar-refractivity contribution >= 4 is 50.2 Å². The van der Waals surface area contributed by atoms with Gasteiger partial charge in [-0.25, -0.2) is 16.9 Å². The molecule has 0 radical (unpaired) electrons. The van der Waals surface area contributed by atoms with Crippen molar-refractivity contribution in [2.45, 2.75) is 59.4 Å². The molecule has 2 aromatic rings. The third kappa shape index (κ3) is 7.79. The van der Waals surface area contributed by atoms with E-state index < -0.39 is 31.8 Å². The summed E-state index contributed by atoms with van der Waals surface area (Å²) >= 11 is 4.14. The van der Waals surface area contributed by atoms with Crippen LogP contribution in [0.5, 0.6) is 5.75 Å². The van der Waals surface area contributed by atoms with Crippen molar-refractivity contribution in [3.63, 3.8) is 0 Å². The zero-order valence-corrected chi connectivity index (χ0v) is 23.7. The van der Waals surface area contributed by atoms with Crippen LogP contribution in [0.15, 0.2) is 36.3 Å². The number of anilines is 1. The SMILES string of the molecule is CC.CCC.Cc1cc(CNC2=NS(=O)N=C2Nc2ccc(Cl)c(S(=O)(=O)N(C)C)c2O)oc1C. The van der Waals surface area contributed by atoms with Gasteiger partial charge in [0.1, 0.15) is 16.4 Å². The molecule has 35 heavy (non-hydrogen) atoms. The van der Waals surface area contributed by atoms with E-state index in [4.69, 9.17) is 16.0 Å². The molecule has 13 heteroatoms. The van der Waals surface area contributed by atoms with Gasteiger partial charge in [-0.2, -0.15) is 0 Å². The maximum Gasteiger partial charge on any atom is 0.269 e. The van der Waals surface area contributed by atoms with Gasteiger partial charge in [-0.15, -0.1) is 8.80 Å². The molecule has 0 amide bonds. The van der Waals surface area contributed by atoms with Gasteiger partial charge in [0.25, 0.3) is 11.2 Å². The first-order chi connectivity index (χ1) is 16.4. The summed E-state index contributed by atoms with van der Waals surface area (Å²) in [6.45, 7) is 12.3. The molecule has 0 fully saturated rings. The third-order valence-corrected chi connectivity index (χ3v) is 7.28. The number of sulfonamides is 1. The first-order valence-corrected chi connectivity index (χ1v) is 13.9. The minimum atomic E-state index is -4.01. The van der Waals surface area contributed by atoms with Crippen LogP contribution in [-0.4, -0.2) is 47.8 Å². The number of aromatic hydroxyl groups is 1. The Kier molecular flexibility index (Phi) is 11.9. The van der Waals surface area contributed by atoms with Gasteiger partial charge in [0.15, 0.2) is 17.4 Å². The Balaban J connectivity index is 0.00000114. The lowest BCUT2D eigenvalue weighted by atomic mass is 10.2. The third-order valence-electron chi connectivity index (χ3n) is 4.29. The number of furan rings is 1. The number of rotatable bonds is 5. The lowest BCUT2D eigenvalue weighted by Crippen LogP contribution is -2.33. The fraction of sp³-hybridized carbons (Fsp3) is 0.455. The van der Waals surface area contributed by atoms with E-state index in [1.54, 1.807) is 0 Å². The van der Waals surface area contributed by atoms with E-state index in [2.05, 4.69) is 33.3 Å². The highest BCUT2D eigenvalue weighted by atomic mass is 35.5. The van der Waals surface area contributed by atoms with Crippen LogP contribution in [-0.2, 0) is 27.7 Å². The Morgan fingerprint density at radius 2 is 1.71 bits per heavy atom. The number of benzene rings is 1. The number of hydrogen-bond donors (Lipinski definition) is 3. The Bertz CT molecular complexity index is 1190. The fourth-order valence-corrected chi connectivity index (χ4v) is 4.69. The standard InChI is InChI=1S/C17H20ClN5O5S2.C3H8.C2H6/c1-9-7-11(28-10(9)2)8-19-16-17(22-29(25)21-16)20-13-6-5-12(18)15(14(13)24)30(26,27)23(3)4;1-3-2;1-2/h5-7,24H,8H2,1-4H3,(H,19,21)(H,20,22);3H2,1-2H3;1-2H3. The largest absolute Gasteiger partial charge is 0.504 e. The lowest BCUT2D eigenvalue weighted by Gasteiger charge is -2.17. The molecule has 1 aliphatic rings. The van der Waals surface area contributed by atoms with Crippen LogP contribution in [0.4, 0.5) is 5.69 Å². The van der Waals surface area contributed by atoms with Crippen LogP contribution in [0.2, 0.25) is 5.02 Å². The molecule has 1 aliphatic heterocycles. The Labute approximate surface area is 215 Å². The highest BCUT2D eigenvalue weighted by Crippen LogP contribution is 2.38. The minimum absolute atomic E-state index is 0.0108. The molecule has 1 aromatic heterocycles. The van der Waals surface area contributed by atoms with Crippen LogP contribution < -0.4 is 10.6 Å². The average Bonchev–Trinajstić information content (AvgIpc) is 3.30. The van der Waals surface area contributed by atoms with E-state index in [0.29, 0.717) is 5.76 Å². The Hall–Kier alpha value is -2.41. The second kappa shape index (κ2) is 13.6. The molecule has 3 rings (SSSR count). The summed E-state index contributed by atoms with van der Waals surface area (Å²) in [4.78, 5) is -0.452. The molecule has 1 aromatic carbocycles. The van der Waals surface area contributed by atoms with Crippen molar-refractivity contribution in [2.24, 2.45) is 8.80 Å². The van der Waals surface area contributed by atoms with Crippen molar-refractivity contribution < 1.29 is 22.2 Å². The number of nitrogens with zero attached hydrogens (tertiary/aromatic N) is 3. The smallest absolute Gasteiger partial charge is 0.269 e. The summed E-state index contributed by atoms with van der Waals surface area (Å²) in [5.74, 6) is 1.09. The fourth-order valence-electron chi connectivity index (χ4n) is 2.57. The molecule has 1 unspecified atom stereocenters. The maximum atomic E-state index is 12.5. The van der Waals surface area contributed by atoms with Crippen LogP contribution >= 0.6 is 11.6 Å². The molecular weight excluding hydrogens is 514 g/mol. The van der Waals surface area contributed by atoms with Crippen molar-refractivity contribution in [2.75, 3.05) is 19.4 Å². The summed E-state index contributed by atoms with van der Waals surface area (Å²) in [6, 6.07) is 4.57. The van der Waals surface area contributed by atoms with Gasteiger partial charge in [-0.1, -0.05) is 45.7 Å². The van der Waals surface area contributed by atoms with Gasteiger partial charge < -0.3 is 20.2 Å². The van der Waals surface area contributed by atoms with E-state index in [1.165, 1.54) is 32.6 Å². The number of phenolic OH excluding ortho intramolecular Hbond substituents is 1. The number of phenols is 1. The lowest BCUT2D eigenvalue weighted by molar-refractivity contribution is 0.455. The van der Waals surface area contributed by atoms with Gasteiger partial charge in [0, 0.05) is 14.1 Å². The van der Waals surface area contributed by atoms with E-state index in [0.717, 1.165) is 15.6 Å². The molecule has 0 aliphatic carbocycles. The zero-order valence-electron chi connectivity index (χ0n) is 21.3. The second-order valence-electron chi connectivity index (χ2n) is 7.31. The van der Waals surface area contributed by atoms with Gasteiger partial charge in [0.05, 0.1) is 17.3 Å². The number of hydrogen-bond acceptors (Lipinski definition) is 7. The topological polar surface area (TPSA) is 137 Å². The number of aryl methyl sites for hydroxylation is 2. The molecule has 0 saturated carbocycles. The van der Waals surface area contributed by atoms with Crippen LogP contribution in [0.1, 0.15) is 51.2 Å². The average molecular weight is 548 g/mol. The first kappa shape index (κ1) is 30.6. The minimum Gasteiger partial charge on any atom is -0.504 e. The van der Waals surface area contributed by atoms with Crippen LogP contribution in [0.25, 0.3) is 0 Å². The summed E-state index contributed by atoms with van der Waals surface area (Å²) in [5, 5.41) is 16.1. The normalized spacial score (nSPS) is 14.9. The first-order valence-electron chi connectivity index (χ1n) is 11.0. The molecule has 10 nitrogen and oxygen atoms in total. The van der Waals surface area contributed by atoms with E-state index >= 15 is 0 Å². The quantitative estimate of drug-likeness (QED) is 0.467. The van der Waals surface area contributed by atoms with Crippen LogP contribution in [0, 0.1) is 13.8 Å². The van der Waals surface area contributed by atoms with Gasteiger partial charge in [0.2, 0.25) is 10.0 Å². The van der Waals surface area contributed by atoms with E-state index in [1.807, 2.05) is 33.8 Å². The Morgan fingerprint density at radius 3 is 2.23 bits per heavy atom. The summed E-state index contributed by atoms with van der Waals surface area (Å²) < 4.78 is 51.1. The molecular formula is C22H34ClN5O5S2. The summed E-state index contributed by atoms with van der Waals surface area (Å²) in [6.07, 6.45) is 1.25. The van der Waals surface area contributed by atoms with Gasteiger partial charge in [-0.05, 0) is 37.6 Å². The van der Waals surface area contributed by atoms with Crippen molar-refractivity contribution in [3.8, 4) is 5.75 Å². The van der Waals surface area contributed by atoms with E-state index in [-0.39, 0.29) is 28.9 Å². The van der Waals surface area contributed by atoms with Crippen LogP contribution in [0.3, 0.4) is 0 Å². The summed E-state index contributed by atoms with van der Waals surface area (Å²) in [7, 11) is -1.37. The van der Waals surface area contributed by atoms with Crippen molar-refractivity contribution in [1.29, 1.82) is 0 Å². The number of nitrogens with one attached hydrogen (secondary N) is 2. The van der Waals surface area contributed by atoms with Crippen molar-refractivity contribution in [1.82, 2.24) is 9.62 Å². The molecule has 0 bridgehead atoms. The predicted molar refractivity (Wildman–Crippen MR) is 143 cm³/mol. The van der Waals surface area contributed by atoms with Crippen molar-refractivity contribution in [3.05, 3.63) is 40.3 Å². The molecule has 2 heterocycles. The predicted octanol–water partition coefficient (Wildman–Crippen LogP) is 4.54. The van der Waals surface area contributed by atoms with Gasteiger partial charge in [-0.3, -0.25) is 0 Å². The number of amidine groups is 2.